The Morgan fingerprint density at radius 3 is 2.00 bits per heavy atom. The van der Waals surface area contributed by atoms with E-state index in [1.165, 1.54) is 24.3 Å². The van der Waals surface area contributed by atoms with Crippen LogP contribution in [0.25, 0.3) is 0 Å². The van der Waals surface area contributed by atoms with Gasteiger partial charge in [-0.05, 0) is 18.2 Å². The van der Waals surface area contributed by atoms with Gasteiger partial charge in [0.25, 0.3) is 11.4 Å². The first-order valence-corrected chi connectivity index (χ1v) is 5.82. The Kier molecular flexibility index (Phi) is 3.98. The summed E-state index contributed by atoms with van der Waals surface area (Å²) in [6, 6.07) is 8.12. The summed E-state index contributed by atoms with van der Waals surface area (Å²) in [5.74, 6) is -1.32. The molecule has 22 heavy (non-hydrogen) atoms. The molecule has 0 aliphatic rings. The van der Waals surface area contributed by atoms with Crippen LogP contribution in [0.2, 0.25) is 0 Å². The van der Waals surface area contributed by atoms with Gasteiger partial charge >= 0.3 is 5.97 Å². The van der Waals surface area contributed by atoms with Gasteiger partial charge in [0.1, 0.15) is 17.1 Å². The van der Waals surface area contributed by atoms with Crippen LogP contribution >= 0.6 is 0 Å². The standard InChI is InChI=1S/C13H8N2O7/c16-13(17)11-7-9(15(20)21)3-6-12(11)22-10-4-1-8(2-5-10)14(18)19/h1-7H,(H,16,17). The van der Waals surface area contributed by atoms with Gasteiger partial charge in [0.15, 0.2) is 0 Å². The van der Waals surface area contributed by atoms with E-state index >= 15 is 0 Å². The van der Waals surface area contributed by atoms with Crippen molar-refractivity contribution in [2.45, 2.75) is 0 Å². The van der Waals surface area contributed by atoms with Gasteiger partial charge in [-0.2, -0.15) is 0 Å². The highest BCUT2D eigenvalue weighted by atomic mass is 16.6. The normalized spacial score (nSPS) is 10.0. The maximum absolute atomic E-state index is 11.1. The summed E-state index contributed by atoms with van der Waals surface area (Å²) in [7, 11) is 0. The lowest BCUT2D eigenvalue weighted by Gasteiger charge is -2.08. The SMILES string of the molecule is O=C(O)c1cc([N+](=O)[O-])ccc1Oc1ccc([N+](=O)[O-])cc1. The lowest BCUT2D eigenvalue weighted by Crippen LogP contribution is -2.01. The van der Waals surface area contributed by atoms with Crippen LogP contribution < -0.4 is 4.74 Å². The fourth-order valence-electron chi connectivity index (χ4n) is 1.65. The van der Waals surface area contributed by atoms with Gasteiger partial charge in [0, 0.05) is 24.3 Å². The zero-order chi connectivity index (χ0) is 16.3. The zero-order valence-corrected chi connectivity index (χ0v) is 10.8. The molecule has 0 heterocycles. The van der Waals surface area contributed by atoms with Crippen LogP contribution in [-0.4, -0.2) is 20.9 Å². The lowest BCUT2D eigenvalue weighted by atomic mass is 10.2. The zero-order valence-electron chi connectivity index (χ0n) is 10.8. The summed E-state index contributed by atoms with van der Waals surface area (Å²) >= 11 is 0. The molecule has 2 rings (SSSR count). The monoisotopic (exact) mass is 304 g/mol. The Balaban J connectivity index is 2.34. The largest absolute Gasteiger partial charge is 0.478 e. The summed E-state index contributed by atoms with van der Waals surface area (Å²) < 4.78 is 5.31. The highest BCUT2D eigenvalue weighted by molar-refractivity contribution is 5.91. The second-order valence-electron chi connectivity index (χ2n) is 4.10. The first-order chi connectivity index (χ1) is 10.4. The van der Waals surface area contributed by atoms with Gasteiger partial charge in [0.2, 0.25) is 0 Å². The fraction of sp³-hybridized carbons (Fsp3) is 0. The van der Waals surface area contributed by atoms with E-state index in [0.29, 0.717) is 0 Å². The number of ether oxygens (including phenoxy) is 1. The molecule has 0 fully saturated rings. The average Bonchev–Trinajstić information content (AvgIpc) is 2.47. The number of nitrogens with zero attached hydrogens (tertiary/aromatic N) is 2. The summed E-state index contributed by atoms with van der Waals surface area (Å²) in [4.78, 5) is 31.0. The maximum atomic E-state index is 11.1. The fourth-order valence-corrected chi connectivity index (χ4v) is 1.65. The highest BCUT2D eigenvalue weighted by Gasteiger charge is 2.18. The summed E-state index contributed by atoms with van der Waals surface area (Å²) in [5, 5.41) is 30.3. The minimum atomic E-state index is -1.39. The number of non-ortho nitro benzene ring substituents is 2. The second kappa shape index (κ2) is 5.87. The minimum absolute atomic E-state index is 0.105. The molecule has 0 bridgehead atoms. The van der Waals surface area contributed by atoms with Gasteiger partial charge < -0.3 is 9.84 Å². The van der Waals surface area contributed by atoms with Crippen molar-refractivity contribution in [1.29, 1.82) is 0 Å². The maximum Gasteiger partial charge on any atom is 0.339 e. The molecule has 0 atom stereocenters. The van der Waals surface area contributed by atoms with Gasteiger partial charge in [-0.1, -0.05) is 0 Å². The predicted octanol–water partition coefficient (Wildman–Crippen LogP) is 2.99. The first kappa shape index (κ1) is 14.9. The van der Waals surface area contributed by atoms with Crippen molar-refractivity contribution >= 4 is 17.3 Å². The molecule has 0 amide bonds. The van der Waals surface area contributed by atoms with Crippen molar-refractivity contribution in [1.82, 2.24) is 0 Å². The third kappa shape index (κ3) is 3.15. The van der Waals surface area contributed by atoms with Crippen molar-refractivity contribution in [2.75, 3.05) is 0 Å². The van der Waals surface area contributed by atoms with Gasteiger partial charge in [0.05, 0.1) is 9.85 Å². The number of carboxylic acid groups (broad SMARTS) is 1. The third-order valence-electron chi connectivity index (χ3n) is 2.68. The molecule has 0 aliphatic carbocycles. The number of nitro benzene ring substituents is 2. The molecule has 0 aliphatic heterocycles. The second-order valence-corrected chi connectivity index (χ2v) is 4.10. The molecule has 0 spiro atoms. The molecule has 0 radical (unpaired) electrons. The van der Waals surface area contributed by atoms with E-state index in [-0.39, 0.29) is 28.4 Å². The van der Waals surface area contributed by atoms with Crippen LogP contribution in [0.1, 0.15) is 10.4 Å². The predicted molar refractivity (Wildman–Crippen MR) is 73.2 cm³/mol. The van der Waals surface area contributed by atoms with Crippen molar-refractivity contribution in [3.05, 3.63) is 68.3 Å². The molecule has 0 saturated heterocycles. The highest BCUT2D eigenvalue weighted by Crippen LogP contribution is 2.29. The lowest BCUT2D eigenvalue weighted by molar-refractivity contribution is -0.385. The molecule has 1 N–H and O–H groups in total. The van der Waals surface area contributed by atoms with Crippen LogP contribution in [0.15, 0.2) is 42.5 Å². The van der Waals surface area contributed by atoms with Crippen molar-refractivity contribution in [3.8, 4) is 11.5 Å². The van der Waals surface area contributed by atoms with Gasteiger partial charge in [-0.15, -0.1) is 0 Å². The molecular weight excluding hydrogens is 296 g/mol. The summed E-state index contributed by atoms with van der Waals surface area (Å²) in [5.41, 5.74) is -0.907. The smallest absolute Gasteiger partial charge is 0.339 e. The minimum Gasteiger partial charge on any atom is -0.478 e. The van der Waals surface area contributed by atoms with Crippen LogP contribution in [0.5, 0.6) is 11.5 Å². The van der Waals surface area contributed by atoms with Crippen molar-refractivity contribution in [2.24, 2.45) is 0 Å². The number of benzene rings is 2. The van der Waals surface area contributed by atoms with Crippen LogP contribution in [0.3, 0.4) is 0 Å². The Bertz CT molecular complexity index is 755. The van der Waals surface area contributed by atoms with Crippen LogP contribution in [0, 0.1) is 20.2 Å². The topological polar surface area (TPSA) is 133 Å². The summed E-state index contributed by atoms with van der Waals surface area (Å²) in [6.07, 6.45) is 0. The third-order valence-corrected chi connectivity index (χ3v) is 2.68. The molecule has 2 aromatic rings. The molecule has 0 saturated carbocycles. The van der Waals surface area contributed by atoms with E-state index in [4.69, 9.17) is 9.84 Å². The Hall–Kier alpha value is -3.49. The molecule has 0 aromatic heterocycles. The number of nitro groups is 2. The molecule has 9 heteroatoms. The molecular formula is C13H8N2O7. The van der Waals surface area contributed by atoms with Crippen LogP contribution in [0.4, 0.5) is 11.4 Å². The number of rotatable bonds is 5. The van der Waals surface area contributed by atoms with E-state index in [2.05, 4.69) is 0 Å². The molecule has 2 aromatic carbocycles. The molecule has 0 unspecified atom stereocenters. The van der Waals surface area contributed by atoms with Gasteiger partial charge in [-0.3, -0.25) is 20.2 Å². The number of carboxylic acids is 1. The van der Waals surface area contributed by atoms with E-state index in [1.54, 1.807) is 0 Å². The quantitative estimate of drug-likeness (QED) is 0.662. The Labute approximate surface area is 122 Å². The average molecular weight is 304 g/mol. The number of aromatic carboxylic acids is 1. The van der Waals surface area contributed by atoms with Crippen molar-refractivity contribution in [3.63, 3.8) is 0 Å². The summed E-state index contributed by atoms with van der Waals surface area (Å²) in [6.45, 7) is 0. The van der Waals surface area contributed by atoms with Gasteiger partial charge in [-0.25, -0.2) is 4.79 Å². The number of hydrogen-bond acceptors (Lipinski definition) is 6. The molecule has 112 valence electrons. The molecule has 9 nitrogen and oxygen atoms in total. The Morgan fingerprint density at radius 2 is 1.50 bits per heavy atom. The van der Waals surface area contributed by atoms with E-state index < -0.39 is 15.8 Å². The van der Waals surface area contributed by atoms with Crippen LogP contribution in [-0.2, 0) is 0 Å². The number of hydrogen-bond donors (Lipinski definition) is 1. The Morgan fingerprint density at radius 1 is 0.955 bits per heavy atom. The van der Waals surface area contributed by atoms with E-state index in [1.807, 2.05) is 0 Å². The number of carbonyl (C=O) groups is 1. The first-order valence-electron chi connectivity index (χ1n) is 5.82. The van der Waals surface area contributed by atoms with E-state index in [9.17, 15) is 25.0 Å². The van der Waals surface area contributed by atoms with Crippen molar-refractivity contribution < 1.29 is 24.5 Å². The van der Waals surface area contributed by atoms with E-state index in [0.717, 1.165) is 18.2 Å².